The molecule has 0 unspecified atom stereocenters. The van der Waals surface area contributed by atoms with E-state index >= 15 is 0 Å². The summed E-state index contributed by atoms with van der Waals surface area (Å²) in [7, 11) is 0. The maximum atomic E-state index is 14.3. The molecule has 0 amide bonds. The molecule has 0 fully saturated rings. The average Bonchev–Trinajstić information content (AvgIpc) is 2.55. The molecule has 0 radical (unpaired) electrons. The summed E-state index contributed by atoms with van der Waals surface area (Å²) in [6.07, 6.45) is 3.35. The summed E-state index contributed by atoms with van der Waals surface area (Å²) >= 11 is 4.79. The second-order valence-electron chi connectivity index (χ2n) is 4.97. The largest absolute Gasteiger partial charge is 0.398 e. The Morgan fingerprint density at radius 2 is 2.08 bits per heavy atom. The van der Waals surface area contributed by atoms with Gasteiger partial charge in [0.05, 0.1) is 10.9 Å². The van der Waals surface area contributed by atoms with Crippen molar-refractivity contribution in [2.24, 2.45) is 0 Å². The molecular weight excluding hydrogens is 391 g/mol. The summed E-state index contributed by atoms with van der Waals surface area (Å²) in [5.41, 5.74) is 7.97. The molecule has 0 spiro atoms. The van der Waals surface area contributed by atoms with Crippen molar-refractivity contribution in [1.82, 2.24) is 9.97 Å². The van der Waals surface area contributed by atoms with Gasteiger partial charge in [-0.2, -0.15) is 0 Å². The molecule has 7 heteroatoms. The van der Waals surface area contributed by atoms with E-state index in [2.05, 4.69) is 31.2 Å². The molecule has 0 atom stereocenters. The van der Waals surface area contributed by atoms with Gasteiger partial charge in [-0.25, -0.2) is 14.4 Å². The van der Waals surface area contributed by atoms with Gasteiger partial charge in [-0.15, -0.1) is 0 Å². The first-order chi connectivity index (χ1) is 11.6. The smallest absolute Gasteiger partial charge is 0.144 e. The Bertz CT molecular complexity index is 930. The highest BCUT2D eigenvalue weighted by atomic mass is 79.9. The monoisotopic (exact) mass is 404 g/mol. The lowest BCUT2D eigenvalue weighted by Crippen LogP contribution is -1.99. The minimum Gasteiger partial charge on any atom is -0.398 e. The molecule has 0 aliphatic rings. The van der Waals surface area contributed by atoms with Crippen LogP contribution in [0.3, 0.4) is 0 Å². The van der Waals surface area contributed by atoms with E-state index < -0.39 is 0 Å². The zero-order chi connectivity index (χ0) is 17.1. The summed E-state index contributed by atoms with van der Waals surface area (Å²) in [4.78, 5) is 9.22. The standard InChI is InChI=1S/C17H14BrFN4S/c1-2-5-24-15-8-11(3-4-13(15)20)23-17-16-12(19)6-10(18)7-14(16)21-9-22-17/h2-9H,20H2,1H3,(H,21,22,23)/b5-2-. The molecule has 0 saturated heterocycles. The Morgan fingerprint density at radius 3 is 2.88 bits per heavy atom. The van der Waals surface area contributed by atoms with Gasteiger partial charge < -0.3 is 11.1 Å². The summed E-state index contributed by atoms with van der Waals surface area (Å²) in [6, 6.07) is 8.70. The molecule has 0 saturated carbocycles. The predicted octanol–water partition coefficient (Wildman–Crippen LogP) is 5.48. The van der Waals surface area contributed by atoms with Gasteiger partial charge in [-0.05, 0) is 42.7 Å². The van der Waals surface area contributed by atoms with Crippen LogP contribution in [0.5, 0.6) is 0 Å². The molecular formula is C17H14BrFN4S. The van der Waals surface area contributed by atoms with Gasteiger partial charge in [0.1, 0.15) is 18.0 Å². The minimum absolute atomic E-state index is 0.347. The topological polar surface area (TPSA) is 63.8 Å². The van der Waals surface area contributed by atoms with Crippen LogP contribution in [0.25, 0.3) is 10.9 Å². The number of halogens is 2. The van der Waals surface area contributed by atoms with E-state index in [4.69, 9.17) is 5.73 Å². The normalized spacial score (nSPS) is 11.3. The Kier molecular flexibility index (Phi) is 5.01. The van der Waals surface area contributed by atoms with E-state index in [-0.39, 0.29) is 5.82 Å². The Morgan fingerprint density at radius 1 is 1.25 bits per heavy atom. The van der Waals surface area contributed by atoms with Crippen molar-refractivity contribution in [1.29, 1.82) is 0 Å². The number of nitrogen functional groups attached to an aromatic ring is 1. The van der Waals surface area contributed by atoms with E-state index in [1.807, 2.05) is 36.6 Å². The molecule has 0 aliphatic heterocycles. The second kappa shape index (κ2) is 7.19. The molecule has 1 aromatic heterocycles. The second-order valence-corrected chi connectivity index (χ2v) is 6.83. The molecule has 122 valence electrons. The fourth-order valence-electron chi connectivity index (χ4n) is 2.20. The third-order valence-electron chi connectivity index (χ3n) is 3.26. The van der Waals surface area contributed by atoms with Crippen LogP contribution >= 0.6 is 27.7 Å². The number of aromatic nitrogens is 2. The van der Waals surface area contributed by atoms with Crippen molar-refractivity contribution in [2.75, 3.05) is 11.1 Å². The van der Waals surface area contributed by atoms with Crippen LogP contribution in [0.2, 0.25) is 0 Å². The molecule has 4 nitrogen and oxygen atoms in total. The number of rotatable bonds is 4. The maximum Gasteiger partial charge on any atom is 0.144 e. The lowest BCUT2D eigenvalue weighted by molar-refractivity contribution is 0.638. The quantitative estimate of drug-likeness (QED) is 0.444. The highest BCUT2D eigenvalue weighted by Crippen LogP contribution is 2.32. The maximum absolute atomic E-state index is 14.3. The van der Waals surface area contributed by atoms with E-state index in [1.165, 1.54) is 24.2 Å². The number of nitrogens with zero attached hydrogens (tertiary/aromatic N) is 2. The van der Waals surface area contributed by atoms with Gasteiger partial charge in [-0.1, -0.05) is 33.8 Å². The van der Waals surface area contributed by atoms with E-state index in [0.29, 0.717) is 26.9 Å². The van der Waals surface area contributed by atoms with Crippen LogP contribution in [-0.2, 0) is 0 Å². The minimum atomic E-state index is -0.388. The predicted molar refractivity (Wildman–Crippen MR) is 102 cm³/mol. The van der Waals surface area contributed by atoms with E-state index in [1.54, 1.807) is 6.07 Å². The fourth-order valence-corrected chi connectivity index (χ4v) is 3.30. The summed E-state index contributed by atoms with van der Waals surface area (Å²) < 4.78 is 15.0. The Labute approximate surface area is 151 Å². The Hall–Kier alpha value is -2.12. The van der Waals surface area contributed by atoms with Crippen LogP contribution in [0.1, 0.15) is 6.92 Å². The van der Waals surface area contributed by atoms with Crippen LogP contribution in [0.15, 0.2) is 57.5 Å². The number of anilines is 3. The van der Waals surface area contributed by atoms with E-state index in [0.717, 1.165) is 10.6 Å². The van der Waals surface area contributed by atoms with Crippen LogP contribution < -0.4 is 11.1 Å². The number of thioether (sulfide) groups is 1. The lowest BCUT2D eigenvalue weighted by Gasteiger charge is -2.11. The Balaban J connectivity index is 2.01. The van der Waals surface area contributed by atoms with Crippen molar-refractivity contribution < 1.29 is 4.39 Å². The van der Waals surface area contributed by atoms with E-state index in [9.17, 15) is 4.39 Å². The number of nitrogens with one attached hydrogen (secondary N) is 1. The summed E-state index contributed by atoms with van der Waals surface area (Å²) in [5.74, 6) is 0.0261. The van der Waals surface area contributed by atoms with Crippen molar-refractivity contribution >= 4 is 55.8 Å². The first-order valence-corrected chi connectivity index (χ1v) is 8.80. The molecule has 1 heterocycles. The number of benzene rings is 2. The van der Waals surface area contributed by atoms with Crippen LogP contribution in [-0.4, -0.2) is 9.97 Å². The molecule has 3 N–H and O–H groups in total. The van der Waals surface area contributed by atoms with Crippen LogP contribution in [0.4, 0.5) is 21.6 Å². The molecule has 3 aromatic rings. The van der Waals surface area contributed by atoms with Gasteiger partial charge in [0.2, 0.25) is 0 Å². The number of hydrogen-bond donors (Lipinski definition) is 2. The zero-order valence-electron chi connectivity index (χ0n) is 12.8. The first-order valence-electron chi connectivity index (χ1n) is 7.12. The van der Waals surface area contributed by atoms with Crippen molar-refractivity contribution in [2.45, 2.75) is 11.8 Å². The average molecular weight is 405 g/mol. The molecule has 3 rings (SSSR count). The SMILES string of the molecule is C/C=C\Sc1cc(Nc2ncnc3cc(Br)cc(F)c23)ccc1N. The van der Waals surface area contributed by atoms with Gasteiger partial charge in [0.15, 0.2) is 0 Å². The van der Waals surface area contributed by atoms with Crippen molar-refractivity contribution in [3.63, 3.8) is 0 Å². The number of allylic oxidation sites excluding steroid dienone is 1. The first kappa shape index (κ1) is 16.7. The molecule has 0 aliphatic carbocycles. The third-order valence-corrected chi connectivity index (χ3v) is 4.74. The lowest BCUT2D eigenvalue weighted by atomic mass is 10.2. The van der Waals surface area contributed by atoms with Gasteiger partial charge >= 0.3 is 0 Å². The van der Waals surface area contributed by atoms with Gasteiger partial charge in [0.25, 0.3) is 0 Å². The number of hydrogen-bond acceptors (Lipinski definition) is 5. The van der Waals surface area contributed by atoms with Crippen molar-refractivity contribution in [3.05, 3.63) is 58.4 Å². The zero-order valence-corrected chi connectivity index (χ0v) is 15.2. The van der Waals surface area contributed by atoms with Crippen molar-refractivity contribution in [3.8, 4) is 0 Å². The summed E-state index contributed by atoms with van der Waals surface area (Å²) in [5, 5.41) is 5.45. The highest BCUT2D eigenvalue weighted by Gasteiger charge is 2.11. The molecule has 24 heavy (non-hydrogen) atoms. The van der Waals surface area contributed by atoms with Crippen LogP contribution in [0, 0.1) is 5.82 Å². The third kappa shape index (κ3) is 3.52. The molecule has 2 aromatic carbocycles. The van der Waals surface area contributed by atoms with Gasteiger partial charge in [0, 0.05) is 20.7 Å². The molecule has 0 bridgehead atoms. The summed E-state index contributed by atoms with van der Waals surface area (Å²) in [6.45, 7) is 1.94. The fraction of sp³-hybridized carbons (Fsp3) is 0.0588. The van der Waals surface area contributed by atoms with Gasteiger partial charge in [-0.3, -0.25) is 0 Å². The number of fused-ring (bicyclic) bond motifs is 1. The number of nitrogens with two attached hydrogens (primary N) is 1. The highest BCUT2D eigenvalue weighted by molar-refractivity contribution is 9.10.